The van der Waals surface area contributed by atoms with E-state index in [-0.39, 0.29) is 28.7 Å². The number of hydrogen-bond donors (Lipinski definition) is 0. The van der Waals surface area contributed by atoms with Crippen molar-refractivity contribution in [2.75, 3.05) is 19.6 Å². The van der Waals surface area contributed by atoms with Gasteiger partial charge in [-0.15, -0.1) is 0 Å². The predicted molar refractivity (Wildman–Crippen MR) is 97.2 cm³/mol. The average molecular weight is 344 g/mol. The molecular formula is C21H29FN2O. The fraction of sp³-hybridized carbons (Fsp3) is 0.667. The molecule has 0 aromatic heterocycles. The van der Waals surface area contributed by atoms with Gasteiger partial charge in [-0.3, -0.25) is 0 Å². The maximum Gasteiger partial charge on any atom is 0.320 e. The van der Waals surface area contributed by atoms with Crippen LogP contribution in [0.5, 0.6) is 0 Å². The molecule has 2 bridgehead atoms. The molecule has 1 aromatic rings. The molecule has 0 N–H and O–H groups in total. The molecule has 1 aliphatic carbocycles. The van der Waals surface area contributed by atoms with Crippen LogP contribution < -0.4 is 0 Å². The summed E-state index contributed by atoms with van der Waals surface area (Å²) >= 11 is 0. The Labute approximate surface area is 150 Å². The number of nitrogens with zero attached hydrogens (tertiary/aromatic N) is 2. The summed E-state index contributed by atoms with van der Waals surface area (Å²) in [6.45, 7) is 9.30. The third-order valence-electron chi connectivity index (χ3n) is 7.47. The summed E-state index contributed by atoms with van der Waals surface area (Å²) in [5, 5.41) is 0. The summed E-state index contributed by atoms with van der Waals surface area (Å²) in [7, 11) is 0. The zero-order valence-electron chi connectivity index (χ0n) is 15.6. The van der Waals surface area contributed by atoms with Crippen molar-refractivity contribution in [3.63, 3.8) is 0 Å². The highest BCUT2D eigenvalue weighted by molar-refractivity contribution is 5.75. The fourth-order valence-electron chi connectivity index (χ4n) is 5.40. The highest BCUT2D eigenvalue weighted by atomic mass is 19.1. The lowest BCUT2D eigenvalue weighted by atomic mass is 9.51. The number of benzene rings is 1. The van der Waals surface area contributed by atoms with Crippen molar-refractivity contribution in [1.29, 1.82) is 0 Å². The van der Waals surface area contributed by atoms with E-state index in [1.54, 1.807) is 6.07 Å². The van der Waals surface area contributed by atoms with Crippen molar-refractivity contribution in [2.24, 2.45) is 5.41 Å². The molecule has 25 heavy (non-hydrogen) atoms. The van der Waals surface area contributed by atoms with Crippen LogP contribution in [0.1, 0.15) is 57.6 Å². The van der Waals surface area contributed by atoms with E-state index < -0.39 is 0 Å². The number of fused-ring (bicyclic) bond motifs is 4. The van der Waals surface area contributed by atoms with E-state index in [0.29, 0.717) is 6.42 Å². The standard InChI is InChI=1S/C21H29FN2O/c1-20(2)18-14-15-16(8-7-9-17(15)22)21(20,3)10-13-24(18)19(25)23-11-5-4-6-12-23/h7-9,18H,4-6,10-14H2,1-3H3/t18-,21-/m0/s1. The van der Waals surface area contributed by atoms with Gasteiger partial charge >= 0.3 is 6.03 Å². The molecule has 0 unspecified atom stereocenters. The first-order valence-corrected chi connectivity index (χ1v) is 9.70. The lowest BCUT2D eigenvalue weighted by molar-refractivity contribution is -0.0250. The number of halogens is 1. The minimum Gasteiger partial charge on any atom is -0.325 e. The second kappa shape index (κ2) is 5.72. The van der Waals surface area contributed by atoms with E-state index in [0.717, 1.165) is 50.0 Å². The Kier molecular flexibility index (Phi) is 3.86. The Morgan fingerprint density at radius 1 is 1.12 bits per heavy atom. The predicted octanol–water partition coefficient (Wildman–Crippen LogP) is 4.35. The number of piperidine rings is 2. The molecule has 2 atom stereocenters. The number of rotatable bonds is 0. The highest BCUT2D eigenvalue weighted by Gasteiger charge is 2.57. The topological polar surface area (TPSA) is 23.6 Å². The van der Waals surface area contributed by atoms with Crippen molar-refractivity contribution in [2.45, 2.75) is 64.3 Å². The molecule has 1 aromatic carbocycles. The molecule has 3 aliphatic rings. The van der Waals surface area contributed by atoms with Gasteiger partial charge in [0, 0.05) is 31.1 Å². The number of carbonyl (C=O) groups is 1. The monoisotopic (exact) mass is 344 g/mol. The zero-order valence-corrected chi connectivity index (χ0v) is 15.6. The molecule has 4 heteroatoms. The molecule has 2 saturated heterocycles. The fourth-order valence-corrected chi connectivity index (χ4v) is 5.40. The van der Waals surface area contributed by atoms with E-state index in [9.17, 15) is 9.18 Å². The third-order valence-corrected chi connectivity index (χ3v) is 7.47. The number of likely N-dealkylation sites (tertiary alicyclic amines) is 2. The molecule has 0 saturated carbocycles. The lowest BCUT2D eigenvalue weighted by Gasteiger charge is -2.61. The van der Waals surface area contributed by atoms with Gasteiger partial charge in [0.05, 0.1) is 0 Å². The van der Waals surface area contributed by atoms with Crippen LogP contribution in [0.25, 0.3) is 0 Å². The van der Waals surface area contributed by atoms with Crippen LogP contribution in [0.3, 0.4) is 0 Å². The van der Waals surface area contributed by atoms with Gasteiger partial charge in [0.2, 0.25) is 0 Å². The Morgan fingerprint density at radius 3 is 2.56 bits per heavy atom. The Balaban J connectivity index is 1.72. The van der Waals surface area contributed by atoms with Crippen LogP contribution in [-0.4, -0.2) is 41.5 Å². The molecule has 2 aliphatic heterocycles. The van der Waals surface area contributed by atoms with Gasteiger partial charge in [-0.25, -0.2) is 9.18 Å². The Hall–Kier alpha value is -1.58. The van der Waals surface area contributed by atoms with E-state index in [4.69, 9.17) is 0 Å². The molecule has 0 spiro atoms. The molecule has 3 nitrogen and oxygen atoms in total. The molecule has 2 amide bonds. The van der Waals surface area contributed by atoms with Gasteiger partial charge in [0.1, 0.15) is 5.82 Å². The highest BCUT2D eigenvalue weighted by Crippen LogP contribution is 2.56. The number of urea groups is 1. The van der Waals surface area contributed by atoms with Gasteiger partial charge in [0.25, 0.3) is 0 Å². The van der Waals surface area contributed by atoms with Gasteiger partial charge in [-0.2, -0.15) is 0 Å². The van der Waals surface area contributed by atoms with Gasteiger partial charge in [-0.1, -0.05) is 32.9 Å². The van der Waals surface area contributed by atoms with Gasteiger partial charge in [0.15, 0.2) is 0 Å². The summed E-state index contributed by atoms with van der Waals surface area (Å²) in [6, 6.07) is 5.72. The summed E-state index contributed by atoms with van der Waals surface area (Å²) in [6.07, 6.45) is 4.94. The Morgan fingerprint density at radius 2 is 1.84 bits per heavy atom. The number of hydrogen-bond acceptors (Lipinski definition) is 1. The van der Waals surface area contributed by atoms with Crippen molar-refractivity contribution >= 4 is 6.03 Å². The smallest absolute Gasteiger partial charge is 0.320 e. The number of carbonyl (C=O) groups excluding carboxylic acids is 1. The van der Waals surface area contributed by atoms with Crippen LogP contribution in [0, 0.1) is 11.2 Å². The quantitative estimate of drug-likeness (QED) is 0.686. The van der Waals surface area contributed by atoms with E-state index in [2.05, 4.69) is 31.7 Å². The maximum absolute atomic E-state index is 14.6. The zero-order chi connectivity index (χ0) is 17.8. The maximum atomic E-state index is 14.6. The molecule has 2 heterocycles. The third kappa shape index (κ3) is 2.32. The van der Waals surface area contributed by atoms with Crippen LogP contribution in [0.2, 0.25) is 0 Å². The summed E-state index contributed by atoms with van der Waals surface area (Å²) in [4.78, 5) is 17.3. The SMILES string of the molecule is CC1(C)[C@@H]2Cc3c(F)cccc3[C@]1(C)CCN2C(=O)N1CCCCC1. The summed E-state index contributed by atoms with van der Waals surface area (Å²) in [5.74, 6) is -0.114. The second-order valence-corrected chi connectivity index (χ2v) is 8.81. The summed E-state index contributed by atoms with van der Waals surface area (Å²) in [5.41, 5.74) is 1.81. The van der Waals surface area contributed by atoms with Crippen LogP contribution in [-0.2, 0) is 11.8 Å². The van der Waals surface area contributed by atoms with Crippen LogP contribution in [0.15, 0.2) is 18.2 Å². The van der Waals surface area contributed by atoms with Gasteiger partial charge < -0.3 is 9.80 Å². The normalized spacial score (nSPS) is 30.8. The van der Waals surface area contributed by atoms with E-state index in [1.165, 1.54) is 6.42 Å². The first kappa shape index (κ1) is 16.9. The molecule has 2 fully saturated rings. The first-order chi connectivity index (χ1) is 11.9. The summed E-state index contributed by atoms with van der Waals surface area (Å²) < 4.78 is 14.6. The lowest BCUT2D eigenvalue weighted by Crippen LogP contribution is -2.66. The number of amides is 2. The van der Waals surface area contributed by atoms with Crippen molar-refractivity contribution in [3.8, 4) is 0 Å². The molecule has 4 rings (SSSR count). The largest absolute Gasteiger partial charge is 0.325 e. The minimum atomic E-state index is -0.114. The molecule has 0 radical (unpaired) electrons. The molecular weight excluding hydrogens is 315 g/mol. The first-order valence-electron chi connectivity index (χ1n) is 9.70. The van der Waals surface area contributed by atoms with E-state index in [1.807, 2.05) is 11.0 Å². The van der Waals surface area contributed by atoms with Crippen molar-refractivity contribution in [1.82, 2.24) is 9.80 Å². The van der Waals surface area contributed by atoms with Crippen molar-refractivity contribution < 1.29 is 9.18 Å². The molecule has 136 valence electrons. The van der Waals surface area contributed by atoms with Crippen LogP contribution in [0.4, 0.5) is 9.18 Å². The van der Waals surface area contributed by atoms with Crippen LogP contribution >= 0.6 is 0 Å². The minimum absolute atomic E-state index is 0.0603. The van der Waals surface area contributed by atoms with Crippen molar-refractivity contribution in [3.05, 3.63) is 35.1 Å². The van der Waals surface area contributed by atoms with Gasteiger partial charge in [-0.05, 0) is 54.7 Å². The second-order valence-electron chi connectivity index (χ2n) is 8.81. The Bertz CT molecular complexity index is 695. The average Bonchev–Trinajstić information content (AvgIpc) is 2.59. The van der Waals surface area contributed by atoms with E-state index >= 15 is 0 Å².